The Morgan fingerprint density at radius 2 is 1.76 bits per heavy atom. The molecule has 0 atom stereocenters. The lowest BCUT2D eigenvalue weighted by Crippen LogP contribution is -2.38. The van der Waals surface area contributed by atoms with Crippen LogP contribution in [0.15, 0.2) is 48.5 Å². The lowest BCUT2D eigenvalue weighted by Gasteiger charge is -2.22. The van der Waals surface area contributed by atoms with Crippen LogP contribution in [-0.2, 0) is 10.0 Å². The van der Waals surface area contributed by atoms with Gasteiger partial charge in [0, 0.05) is 12.1 Å². The molecule has 0 fully saturated rings. The van der Waals surface area contributed by atoms with E-state index in [1.165, 1.54) is 4.31 Å². The molecule has 2 aromatic rings. The Balaban J connectivity index is 2.06. The van der Waals surface area contributed by atoms with Crippen LogP contribution in [0.1, 0.15) is 15.9 Å². The highest BCUT2D eigenvalue weighted by Crippen LogP contribution is 2.21. The molecule has 6 nitrogen and oxygen atoms in total. The normalized spacial score (nSPS) is 11.0. The maximum Gasteiger partial charge on any atom is 0.251 e. The second kappa shape index (κ2) is 8.02. The van der Waals surface area contributed by atoms with Gasteiger partial charge in [-0.3, -0.25) is 9.10 Å². The van der Waals surface area contributed by atoms with Gasteiger partial charge >= 0.3 is 0 Å². The number of rotatable bonds is 7. The summed E-state index contributed by atoms with van der Waals surface area (Å²) in [6, 6.07) is 14.0. The van der Waals surface area contributed by atoms with Crippen molar-refractivity contribution in [2.45, 2.75) is 6.92 Å². The lowest BCUT2D eigenvalue weighted by atomic mass is 10.1. The van der Waals surface area contributed by atoms with Crippen LogP contribution in [0.3, 0.4) is 0 Å². The van der Waals surface area contributed by atoms with Crippen molar-refractivity contribution < 1.29 is 17.9 Å². The first kappa shape index (κ1) is 18.8. The number of hydrogen-bond acceptors (Lipinski definition) is 4. The number of anilines is 1. The Bertz CT molecular complexity index is 832. The van der Waals surface area contributed by atoms with E-state index in [2.05, 4.69) is 5.32 Å². The number of sulfonamides is 1. The fraction of sp³-hybridized carbons (Fsp3) is 0.278. The standard InChI is InChI=1S/C18H22N2O4S/c1-14-6-4-5-7-17(14)18(21)19-12-13-20(25(3,22)23)15-8-10-16(24-2)11-9-15/h4-11H,12-13H2,1-3H3,(H,19,21). The quantitative estimate of drug-likeness (QED) is 0.819. The van der Waals surface area contributed by atoms with Crippen molar-refractivity contribution in [2.24, 2.45) is 0 Å². The van der Waals surface area contributed by atoms with Crippen LogP contribution in [0.5, 0.6) is 5.75 Å². The first-order valence-electron chi connectivity index (χ1n) is 7.78. The average molecular weight is 362 g/mol. The number of methoxy groups -OCH3 is 1. The van der Waals surface area contributed by atoms with Gasteiger partial charge in [-0.2, -0.15) is 0 Å². The van der Waals surface area contributed by atoms with Crippen molar-refractivity contribution >= 4 is 21.6 Å². The SMILES string of the molecule is COc1ccc(N(CCNC(=O)c2ccccc2C)S(C)(=O)=O)cc1. The molecule has 7 heteroatoms. The molecule has 1 amide bonds. The Kier molecular flexibility index (Phi) is 6.03. The molecule has 0 aliphatic heterocycles. The molecule has 0 heterocycles. The van der Waals surface area contributed by atoms with Crippen LogP contribution in [0, 0.1) is 6.92 Å². The maximum atomic E-state index is 12.2. The predicted octanol–water partition coefficient (Wildman–Crippen LogP) is 2.20. The number of carbonyl (C=O) groups is 1. The highest BCUT2D eigenvalue weighted by molar-refractivity contribution is 7.92. The Hall–Kier alpha value is -2.54. The summed E-state index contributed by atoms with van der Waals surface area (Å²) in [4.78, 5) is 12.2. The summed E-state index contributed by atoms with van der Waals surface area (Å²) in [5, 5.41) is 2.76. The number of nitrogens with zero attached hydrogens (tertiary/aromatic N) is 1. The number of aryl methyl sites for hydroxylation is 1. The largest absolute Gasteiger partial charge is 0.497 e. The highest BCUT2D eigenvalue weighted by Gasteiger charge is 2.18. The van der Waals surface area contributed by atoms with Gasteiger partial charge in [0.05, 0.1) is 25.6 Å². The molecular weight excluding hydrogens is 340 g/mol. The third-order valence-electron chi connectivity index (χ3n) is 3.75. The molecule has 0 spiro atoms. The summed E-state index contributed by atoms with van der Waals surface area (Å²) in [7, 11) is -1.92. The highest BCUT2D eigenvalue weighted by atomic mass is 32.2. The fourth-order valence-electron chi connectivity index (χ4n) is 2.43. The number of ether oxygens (including phenoxy) is 1. The van der Waals surface area contributed by atoms with Crippen molar-refractivity contribution in [1.29, 1.82) is 0 Å². The molecule has 25 heavy (non-hydrogen) atoms. The van der Waals surface area contributed by atoms with Crippen molar-refractivity contribution in [3.8, 4) is 5.75 Å². The van der Waals surface area contributed by atoms with Crippen LogP contribution in [0.4, 0.5) is 5.69 Å². The summed E-state index contributed by atoms with van der Waals surface area (Å²) in [6.45, 7) is 2.20. The first-order chi connectivity index (χ1) is 11.8. The van der Waals surface area contributed by atoms with Crippen LogP contribution < -0.4 is 14.4 Å². The summed E-state index contributed by atoms with van der Waals surface area (Å²) >= 11 is 0. The number of amides is 1. The van der Waals surface area contributed by atoms with Gasteiger partial charge in [-0.25, -0.2) is 8.42 Å². The van der Waals surface area contributed by atoms with Gasteiger partial charge in [-0.15, -0.1) is 0 Å². The van der Waals surface area contributed by atoms with E-state index in [0.29, 0.717) is 17.0 Å². The molecule has 0 saturated heterocycles. The number of carbonyl (C=O) groups excluding carboxylic acids is 1. The van der Waals surface area contributed by atoms with Gasteiger partial charge in [0.2, 0.25) is 10.0 Å². The van der Waals surface area contributed by atoms with Crippen LogP contribution in [-0.4, -0.2) is 40.8 Å². The molecule has 134 valence electrons. The Morgan fingerprint density at radius 3 is 2.32 bits per heavy atom. The van der Waals surface area contributed by atoms with Crippen molar-refractivity contribution in [3.05, 3.63) is 59.7 Å². The average Bonchev–Trinajstić information content (AvgIpc) is 2.58. The van der Waals surface area contributed by atoms with E-state index in [-0.39, 0.29) is 19.0 Å². The predicted molar refractivity (Wildman–Crippen MR) is 98.7 cm³/mol. The zero-order chi connectivity index (χ0) is 18.4. The molecule has 1 N–H and O–H groups in total. The van der Waals surface area contributed by atoms with Crippen LogP contribution in [0.25, 0.3) is 0 Å². The van der Waals surface area contributed by atoms with Gasteiger partial charge in [0.25, 0.3) is 5.91 Å². The monoisotopic (exact) mass is 362 g/mol. The van der Waals surface area contributed by atoms with Crippen molar-refractivity contribution in [1.82, 2.24) is 5.32 Å². The second-order valence-corrected chi connectivity index (χ2v) is 7.51. The Labute approximate surface area is 148 Å². The first-order valence-corrected chi connectivity index (χ1v) is 9.63. The second-order valence-electron chi connectivity index (χ2n) is 5.60. The van der Waals surface area contributed by atoms with E-state index in [9.17, 15) is 13.2 Å². The molecule has 0 aliphatic rings. The summed E-state index contributed by atoms with van der Waals surface area (Å²) in [5.74, 6) is 0.423. The van der Waals surface area contributed by atoms with Crippen LogP contribution in [0.2, 0.25) is 0 Å². The van der Waals surface area contributed by atoms with Gasteiger partial charge in [0.1, 0.15) is 5.75 Å². The summed E-state index contributed by atoms with van der Waals surface area (Å²) in [6.07, 6.45) is 1.14. The molecular formula is C18H22N2O4S. The van der Waals surface area contributed by atoms with Gasteiger partial charge in [-0.1, -0.05) is 18.2 Å². The molecule has 0 unspecified atom stereocenters. The molecule has 0 saturated carbocycles. The van der Waals surface area contributed by atoms with E-state index >= 15 is 0 Å². The molecule has 2 aromatic carbocycles. The minimum atomic E-state index is -3.47. The minimum Gasteiger partial charge on any atom is -0.497 e. The van der Waals surface area contributed by atoms with E-state index in [1.807, 2.05) is 19.1 Å². The molecule has 0 radical (unpaired) electrons. The minimum absolute atomic E-state index is 0.142. The zero-order valence-corrected chi connectivity index (χ0v) is 15.3. The van der Waals surface area contributed by atoms with E-state index in [4.69, 9.17) is 4.74 Å². The van der Waals surface area contributed by atoms with Gasteiger partial charge < -0.3 is 10.1 Å². The van der Waals surface area contributed by atoms with E-state index < -0.39 is 10.0 Å². The maximum absolute atomic E-state index is 12.2. The van der Waals surface area contributed by atoms with E-state index in [0.717, 1.165) is 11.8 Å². The summed E-state index contributed by atoms with van der Waals surface area (Å²) in [5.41, 5.74) is 1.97. The third-order valence-corrected chi connectivity index (χ3v) is 4.94. The number of benzene rings is 2. The number of hydrogen-bond donors (Lipinski definition) is 1. The van der Waals surface area contributed by atoms with Gasteiger partial charge in [-0.05, 0) is 42.8 Å². The van der Waals surface area contributed by atoms with Gasteiger partial charge in [0.15, 0.2) is 0 Å². The third kappa shape index (κ3) is 4.96. The van der Waals surface area contributed by atoms with Crippen LogP contribution >= 0.6 is 0 Å². The smallest absolute Gasteiger partial charge is 0.251 e. The van der Waals surface area contributed by atoms with Crippen molar-refractivity contribution in [2.75, 3.05) is 30.8 Å². The molecule has 0 aliphatic carbocycles. The summed E-state index contributed by atoms with van der Waals surface area (Å²) < 4.78 is 30.5. The zero-order valence-electron chi connectivity index (χ0n) is 14.5. The fourth-order valence-corrected chi connectivity index (χ4v) is 3.36. The Morgan fingerprint density at radius 1 is 1.12 bits per heavy atom. The molecule has 0 aromatic heterocycles. The lowest BCUT2D eigenvalue weighted by molar-refractivity contribution is 0.0954. The topological polar surface area (TPSA) is 75.7 Å². The molecule has 2 rings (SSSR count). The molecule has 0 bridgehead atoms. The van der Waals surface area contributed by atoms with E-state index in [1.54, 1.807) is 43.5 Å². The number of nitrogens with one attached hydrogen (secondary N) is 1. The van der Waals surface area contributed by atoms with Crippen molar-refractivity contribution in [3.63, 3.8) is 0 Å².